The van der Waals surface area contributed by atoms with Crippen molar-refractivity contribution in [3.05, 3.63) is 82.3 Å². The Morgan fingerprint density at radius 1 is 0.900 bits per heavy atom. The van der Waals surface area contributed by atoms with Gasteiger partial charge in [-0.25, -0.2) is 4.68 Å². The molecule has 0 aliphatic heterocycles. The molecular formula is C26H28N2O2. The van der Waals surface area contributed by atoms with Gasteiger partial charge in [0.15, 0.2) is 0 Å². The number of hydrogen-bond donors (Lipinski definition) is 0. The van der Waals surface area contributed by atoms with E-state index in [1.807, 2.05) is 36.4 Å². The van der Waals surface area contributed by atoms with E-state index in [1.54, 1.807) is 4.68 Å². The highest BCUT2D eigenvalue weighted by Gasteiger charge is 2.15. The van der Waals surface area contributed by atoms with Gasteiger partial charge in [0.05, 0.1) is 24.2 Å². The Hall–Kier alpha value is -3.14. The summed E-state index contributed by atoms with van der Waals surface area (Å²) in [5.41, 5.74) is 1.97. The lowest BCUT2D eigenvalue weighted by Crippen LogP contribution is -2.26. The van der Waals surface area contributed by atoms with E-state index in [2.05, 4.69) is 38.1 Å². The molecule has 0 saturated carbocycles. The van der Waals surface area contributed by atoms with Gasteiger partial charge in [0.25, 0.3) is 5.56 Å². The van der Waals surface area contributed by atoms with Crippen molar-refractivity contribution >= 4 is 21.5 Å². The standard InChI is InChI=1S/C26H28N2O2/c1-3-5-15-23-22-14-9-16-24(30-17-4-2)25(22)26(29)28(27-23)18-20-12-8-11-19-10-6-7-13-21(19)20/h6-14,16H,3-5,15,17-18H2,1-2H3. The fourth-order valence-corrected chi connectivity index (χ4v) is 3.93. The molecule has 1 aromatic heterocycles. The highest BCUT2D eigenvalue weighted by molar-refractivity contribution is 5.89. The number of ether oxygens (including phenoxy) is 1. The Bertz CT molecular complexity index is 1220. The van der Waals surface area contributed by atoms with E-state index in [0.717, 1.165) is 47.7 Å². The number of aromatic nitrogens is 2. The lowest BCUT2D eigenvalue weighted by atomic mass is 10.0. The zero-order valence-electron chi connectivity index (χ0n) is 17.7. The molecule has 154 valence electrons. The second-order valence-electron chi connectivity index (χ2n) is 7.68. The summed E-state index contributed by atoms with van der Waals surface area (Å²) in [5, 5.41) is 8.69. The van der Waals surface area contributed by atoms with Gasteiger partial charge in [-0.05, 0) is 41.7 Å². The highest BCUT2D eigenvalue weighted by Crippen LogP contribution is 2.26. The molecule has 0 amide bonds. The van der Waals surface area contributed by atoms with Crippen molar-refractivity contribution in [3.8, 4) is 5.75 Å². The van der Waals surface area contributed by atoms with E-state index in [9.17, 15) is 4.79 Å². The summed E-state index contributed by atoms with van der Waals surface area (Å²) in [6, 6.07) is 20.3. The first kappa shape index (κ1) is 20.1. The first-order valence-electron chi connectivity index (χ1n) is 10.8. The van der Waals surface area contributed by atoms with Crippen LogP contribution in [0.5, 0.6) is 5.75 Å². The molecule has 4 heteroatoms. The zero-order chi connectivity index (χ0) is 20.9. The molecule has 4 rings (SSSR count). The number of hydrogen-bond acceptors (Lipinski definition) is 3. The molecule has 0 aliphatic rings. The second kappa shape index (κ2) is 9.12. The molecule has 3 aromatic carbocycles. The van der Waals surface area contributed by atoms with Crippen molar-refractivity contribution in [3.63, 3.8) is 0 Å². The van der Waals surface area contributed by atoms with Crippen LogP contribution >= 0.6 is 0 Å². The minimum absolute atomic E-state index is 0.0927. The molecule has 0 fully saturated rings. The molecule has 0 atom stereocenters. The van der Waals surface area contributed by atoms with Gasteiger partial charge >= 0.3 is 0 Å². The summed E-state index contributed by atoms with van der Waals surface area (Å²) in [7, 11) is 0. The van der Waals surface area contributed by atoms with Crippen LogP contribution in [0.1, 0.15) is 44.4 Å². The Morgan fingerprint density at radius 3 is 2.50 bits per heavy atom. The normalized spacial score (nSPS) is 11.3. The molecule has 0 spiro atoms. The maximum Gasteiger partial charge on any atom is 0.278 e. The quantitative estimate of drug-likeness (QED) is 0.379. The SMILES string of the molecule is CCCCc1nn(Cc2cccc3ccccc23)c(=O)c2c(OCCC)cccc12. The van der Waals surface area contributed by atoms with Crippen molar-refractivity contribution in [2.24, 2.45) is 0 Å². The van der Waals surface area contributed by atoms with Gasteiger partial charge in [0.2, 0.25) is 0 Å². The third-order valence-electron chi connectivity index (χ3n) is 5.46. The molecule has 4 nitrogen and oxygen atoms in total. The van der Waals surface area contributed by atoms with E-state index in [-0.39, 0.29) is 5.56 Å². The summed E-state index contributed by atoms with van der Waals surface area (Å²) in [6.07, 6.45) is 3.86. The predicted molar refractivity (Wildman–Crippen MR) is 123 cm³/mol. The lowest BCUT2D eigenvalue weighted by molar-refractivity contribution is 0.320. The minimum Gasteiger partial charge on any atom is -0.493 e. The maximum atomic E-state index is 13.5. The fourth-order valence-electron chi connectivity index (χ4n) is 3.93. The van der Waals surface area contributed by atoms with Crippen LogP contribution in [0.3, 0.4) is 0 Å². The molecule has 0 aliphatic carbocycles. The third kappa shape index (κ3) is 3.95. The summed E-state index contributed by atoms with van der Waals surface area (Å²) in [6.45, 7) is 5.27. The zero-order valence-corrected chi connectivity index (χ0v) is 17.7. The van der Waals surface area contributed by atoms with Crippen molar-refractivity contribution < 1.29 is 4.74 Å². The third-order valence-corrected chi connectivity index (χ3v) is 5.46. The van der Waals surface area contributed by atoms with Gasteiger partial charge in [-0.1, -0.05) is 74.9 Å². The van der Waals surface area contributed by atoms with Crippen LogP contribution < -0.4 is 10.3 Å². The Balaban J connectivity index is 1.88. The maximum absolute atomic E-state index is 13.5. The average Bonchev–Trinajstić information content (AvgIpc) is 2.78. The first-order chi connectivity index (χ1) is 14.7. The molecule has 0 N–H and O–H groups in total. The smallest absolute Gasteiger partial charge is 0.278 e. The Labute approximate surface area is 177 Å². The van der Waals surface area contributed by atoms with Gasteiger partial charge in [0, 0.05) is 5.39 Å². The highest BCUT2D eigenvalue weighted by atomic mass is 16.5. The van der Waals surface area contributed by atoms with E-state index in [1.165, 1.54) is 5.39 Å². The fraction of sp³-hybridized carbons (Fsp3) is 0.308. The molecule has 30 heavy (non-hydrogen) atoms. The molecule has 0 unspecified atom stereocenters. The number of benzene rings is 3. The first-order valence-corrected chi connectivity index (χ1v) is 10.8. The van der Waals surface area contributed by atoms with Crippen LogP contribution in [0.2, 0.25) is 0 Å². The molecule has 0 bridgehead atoms. The number of aryl methyl sites for hydroxylation is 1. The molecular weight excluding hydrogens is 372 g/mol. The van der Waals surface area contributed by atoms with Crippen LogP contribution in [0.15, 0.2) is 65.5 Å². The van der Waals surface area contributed by atoms with Crippen molar-refractivity contribution in [1.29, 1.82) is 0 Å². The van der Waals surface area contributed by atoms with E-state index < -0.39 is 0 Å². The second-order valence-corrected chi connectivity index (χ2v) is 7.68. The van der Waals surface area contributed by atoms with Crippen molar-refractivity contribution in [2.45, 2.75) is 46.1 Å². The van der Waals surface area contributed by atoms with Crippen LogP contribution in [-0.4, -0.2) is 16.4 Å². The van der Waals surface area contributed by atoms with Crippen LogP contribution in [0, 0.1) is 0 Å². The number of nitrogens with zero attached hydrogens (tertiary/aromatic N) is 2. The summed E-state index contributed by atoms with van der Waals surface area (Å²) < 4.78 is 7.56. The molecule has 0 saturated heterocycles. The van der Waals surface area contributed by atoms with Crippen molar-refractivity contribution in [2.75, 3.05) is 6.61 Å². The summed E-state index contributed by atoms with van der Waals surface area (Å²) in [5.74, 6) is 0.658. The molecule has 0 radical (unpaired) electrons. The number of rotatable bonds is 8. The Morgan fingerprint density at radius 2 is 1.67 bits per heavy atom. The van der Waals surface area contributed by atoms with Crippen LogP contribution in [-0.2, 0) is 13.0 Å². The van der Waals surface area contributed by atoms with Crippen molar-refractivity contribution in [1.82, 2.24) is 9.78 Å². The topological polar surface area (TPSA) is 44.1 Å². The Kier molecular flexibility index (Phi) is 6.12. The van der Waals surface area contributed by atoms with Crippen LogP contribution in [0.4, 0.5) is 0 Å². The molecule has 1 heterocycles. The minimum atomic E-state index is -0.0927. The predicted octanol–water partition coefficient (Wildman–Crippen LogP) is 5.73. The lowest BCUT2D eigenvalue weighted by Gasteiger charge is -2.15. The van der Waals surface area contributed by atoms with E-state index in [4.69, 9.17) is 9.84 Å². The van der Waals surface area contributed by atoms with E-state index in [0.29, 0.717) is 24.3 Å². The number of fused-ring (bicyclic) bond motifs is 2. The number of unbranched alkanes of at least 4 members (excludes halogenated alkanes) is 1. The van der Waals surface area contributed by atoms with E-state index >= 15 is 0 Å². The summed E-state index contributed by atoms with van der Waals surface area (Å²) in [4.78, 5) is 13.5. The average molecular weight is 401 g/mol. The largest absolute Gasteiger partial charge is 0.493 e. The van der Waals surface area contributed by atoms with Gasteiger partial charge in [0.1, 0.15) is 5.75 Å². The van der Waals surface area contributed by atoms with Gasteiger partial charge in [-0.15, -0.1) is 0 Å². The van der Waals surface area contributed by atoms with Gasteiger partial charge in [-0.3, -0.25) is 4.79 Å². The molecule has 4 aromatic rings. The monoisotopic (exact) mass is 400 g/mol. The van der Waals surface area contributed by atoms with Gasteiger partial charge in [-0.2, -0.15) is 5.10 Å². The summed E-state index contributed by atoms with van der Waals surface area (Å²) >= 11 is 0. The van der Waals surface area contributed by atoms with Crippen LogP contribution in [0.25, 0.3) is 21.5 Å². The van der Waals surface area contributed by atoms with Gasteiger partial charge < -0.3 is 4.74 Å².